The number of nitrogens with one attached hydrogen (secondary N) is 1. The fourth-order valence-corrected chi connectivity index (χ4v) is 4.35. The number of fused-ring (bicyclic) bond motifs is 1. The average molecular weight is 308 g/mol. The first kappa shape index (κ1) is 12.9. The summed E-state index contributed by atoms with van der Waals surface area (Å²) in [5.41, 5.74) is 0.771. The molecule has 0 fully saturated rings. The van der Waals surface area contributed by atoms with Gasteiger partial charge in [-0.15, -0.1) is 34.4 Å². The molecule has 0 aliphatic heterocycles. The number of rotatable bonds is 4. The molecule has 0 saturated heterocycles. The molecule has 0 radical (unpaired) electrons. The number of hydrogen-bond donors (Lipinski definition) is 1. The van der Waals surface area contributed by atoms with E-state index in [0.29, 0.717) is 9.95 Å². The van der Waals surface area contributed by atoms with Crippen molar-refractivity contribution in [2.24, 2.45) is 0 Å². The number of aromatic nitrogens is 2. The molecule has 0 aliphatic carbocycles. The van der Waals surface area contributed by atoms with Crippen molar-refractivity contribution in [3.63, 3.8) is 0 Å². The van der Waals surface area contributed by atoms with Crippen molar-refractivity contribution in [1.29, 1.82) is 0 Å². The maximum Gasteiger partial charge on any atom is 0.268 e. The summed E-state index contributed by atoms with van der Waals surface area (Å²) in [5.74, 6) is 1.48. The molecule has 3 heterocycles. The van der Waals surface area contributed by atoms with Crippen molar-refractivity contribution >= 4 is 44.7 Å². The summed E-state index contributed by atoms with van der Waals surface area (Å²) in [7, 11) is 0. The van der Waals surface area contributed by atoms with Crippen molar-refractivity contribution in [3.05, 3.63) is 50.0 Å². The van der Waals surface area contributed by atoms with E-state index < -0.39 is 0 Å². The topological polar surface area (TPSA) is 45.8 Å². The van der Waals surface area contributed by atoms with Crippen LogP contribution in [0.1, 0.15) is 22.9 Å². The van der Waals surface area contributed by atoms with Gasteiger partial charge >= 0.3 is 0 Å². The predicted molar refractivity (Wildman–Crippen MR) is 84.3 cm³/mol. The SMILES string of the molecule is CC(SCc1nc2ccsc2c(=O)[nH]1)c1cccs1. The molecule has 3 aromatic rings. The van der Waals surface area contributed by atoms with E-state index in [9.17, 15) is 4.79 Å². The lowest BCUT2D eigenvalue weighted by molar-refractivity contribution is 1.03. The molecule has 0 amide bonds. The van der Waals surface area contributed by atoms with Crippen molar-refractivity contribution in [2.45, 2.75) is 17.9 Å². The van der Waals surface area contributed by atoms with E-state index in [0.717, 1.165) is 17.1 Å². The third-order valence-corrected chi connectivity index (χ3v) is 6.08. The van der Waals surface area contributed by atoms with Gasteiger partial charge in [-0.2, -0.15) is 0 Å². The second-order valence-corrected chi connectivity index (χ2v) is 7.34. The van der Waals surface area contributed by atoms with Gasteiger partial charge in [0.05, 0.1) is 11.3 Å². The van der Waals surface area contributed by atoms with Crippen LogP contribution in [0.25, 0.3) is 10.2 Å². The molecule has 0 aliphatic rings. The quantitative estimate of drug-likeness (QED) is 0.791. The Morgan fingerprint density at radius 2 is 2.26 bits per heavy atom. The Bertz CT molecular complexity index is 730. The molecule has 19 heavy (non-hydrogen) atoms. The highest BCUT2D eigenvalue weighted by Gasteiger charge is 2.09. The van der Waals surface area contributed by atoms with Crippen LogP contribution in [0.3, 0.4) is 0 Å². The van der Waals surface area contributed by atoms with Gasteiger partial charge in [0.1, 0.15) is 10.5 Å². The Kier molecular flexibility index (Phi) is 3.72. The normalized spacial score (nSPS) is 12.9. The largest absolute Gasteiger partial charge is 0.309 e. The summed E-state index contributed by atoms with van der Waals surface area (Å²) in [5, 5.41) is 4.41. The minimum Gasteiger partial charge on any atom is -0.309 e. The van der Waals surface area contributed by atoms with E-state index in [1.165, 1.54) is 16.2 Å². The van der Waals surface area contributed by atoms with Crippen molar-refractivity contribution in [2.75, 3.05) is 0 Å². The molecule has 6 heteroatoms. The number of nitrogens with zero attached hydrogens (tertiary/aromatic N) is 1. The molecule has 3 nitrogen and oxygen atoms in total. The first-order chi connectivity index (χ1) is 9.24. The number of H-pyrrole nitrogens is 1. The van der Waals surface area contributed by atoms with Gasteiger partial charge in [-0.25, -0.2) is 4.98 Å². The van der Waals surface area contributed by atoms with Gasteiger partial charge in [0.2, 0.25) is 0 Å². The van der Waals surface area contributed by atoms with Crippen molar-refractivity contribution in [3.8, 4) is 0 Å². The van der Waals surface area contributed by atoms with Crippen LogP contribution in [0, 0.1) is 0 Å². The molecular formula is C13H12N2OS3. The Morgan fingerprint density at radius 3 is 3.05 bits per heavy atom. The van der Waals surface area contributed by atoms with E-state index in [1.54, 1.807) is 23.1 Å². The van der Waals surface area contributed by atoms with Gasteiger partial charge in [0, 0.05) is 10.1 Å². The van der Waals surface area contributed by atoms with Gasteiger partial charge in [0.15, 0.2) is 0 Å². The minimum absolute atomic E-state index is 0.0284. The highest BCUT2D eigenvalue weighted by Crippen LogP contribution is 2.32. The van der Waals surface area contributed by atoms with Crippen LogP contribution in [-0.4, -0.2) is 9.97 Å². The molecule has 0 bridgehead atoms. The third kappa shape index (κ3) is 2.75. The second-order valence-electron chi connectivity index (χ2n) is 4.12. The summed E-state index contributed by atoms with van der Waals surface area (Å²) < 4.78 is 0.708. The number of thiophene rings is 2. The Balaban J connectivity index is 1.76. The second kappa shape index (κ2) is 5.48. The van der Waals surface area contributed by atoms with Crippen molar-refractivity contribution < 1.29 is 0 Å². The van der Waals surface area contributed by atoms with Crippen LogP contribution >= 0.6 is 34.4 Å². The molecule has 3 aromatic heterocycles. The molecule has 1 N–H and O–H groups in total. The third-order valence-electron chi connectivity index (χ3n) is 2.78. The van der Waals surface area contributed by atoms with Crippen LogP contribution < -0.4 is 5.56 Å². The summed E-state index contributed by atoms with van der Waals surface area (Å²) in [6.45, 7) is 2.18. The Morgan fingerprint density at radius 1 is 1.37 bits per heavy atom. The Hall–Kier alpha value is -1.11. The molecular weight excluding hydrogens is 296 g/mol. The van der Waals surface area contributed by atoms with Crippen LogP contribution in [-0.2, 0) is 5.75 Å². The minimum atomic E-state index is -0.0284. The van der Waals surface area contributed by atoms with Crippen molar-refractivity contribution in [1.82, 2.24) is 9.97 Å². The lowest BCUT2D eigenvalue weighted by atomic mass is 10.4. The van der Waals surface area contributed by atoms with Gasteiger partial charge in [-0.05, 0) is 29.8 Å². The standard InChI is InChI=1S/C13H12N2OS3/c1-8(10-3-2-5-17-10)19-7-11-14-9-4-6-18-12(9)13(16)15-11/h2-6,8H,7H2,1H3,(H,14,15,16). The highest BCUT2D eigenvalue weighted by molar-refractivity contribution is 7.98. The zero-order valence-electron chi connectivity index (χ0n) is 10.3. The van der Waals surface area contributed by atoms with E-state index in [-0.39, 0.29) is 5.56 Å². The molecule has 0 aromatic carbocycles. The predicted octanol–water partition coefficient (Wildman–Crippen LogP) is 4.04. The van der Waals surface area contributed by atoms with Crippen LogP contribution in [0.2, 0.25) is 0 Å². The zero-order chi connectivity index (χ0) is 13.2. The lowest BCUT2D eigenvalue weighted by Crippen LogP contribution is -2.09. The molecule has 1 unspecified atom stereocenters. The van der Waals surface area contributed by atoms with Crippen LogP contribution in [0.4, 0.5) is 0 Å². The fraction of sp³-hybridized carbons (Fsp3) is 0.231. The maximum atomic E-state index is 11.8. The molecule has 3 rings (SSSR count). The summed E-state index contributed by atoms with van der Waals surface area (Å²) in [6.07, 6.45) is 0. The summed E-state index contributed by atoms with van der Waals surface area (Å²) >= 11 is 4.98. The number of thioether (sulfide) groups is 1. The zero-order valence-corrected chi connectivity index (χ0v) is 12.7. The molecule has 0 spiro atoms. The highest BCUT2D eigenvalue weighted by atomic mass is 32.2. The summed E-state index contributed by atoms with van der Waals surface area (Å²) in [4.78, 5) is 20.5. The molecule has 0 saturated carbocycles. The van der Waals surface area contributed by atoms with Gasteiger partial charge in [0.25, 0.3) is 5.56 Å². The fourth-order valence-electron chi connectivity index (χ4n) is 1.80. The van der Waals surface area contributed by atoms with E-state index >= 15 is 0 Å². The maximum absolute atomic E-state index is 11.8. The smallest absolute Gasteiger partial charge is 0.268 e. The van der Waals surface area contributed by atoms with Gasteiger partial charge in [-0.3, -0.25) is 4.79 Å². The number of aromatic amines is 1. The van der Waals surface area contributed by atoms with Crippen LogP contribution in [0.5, 0.6) is 0 Å². The Labute approximate surface area is 122 Å². The van der Waals surface area contributed by atoms with Crippen LogP contribution in [0.15, 0.2) is 33.8 Å². The van der Waals surface area contributed by atoms with Gasteiger partial charge in [-0.1, -0.05) is 6.07 Å². The molecule has 98 valence electrons. The monoisotopic (exact) mass is 308 g/mol. The first-order valence-corrected chi connectivity index (χ1v) is 8.66. The number of hydrogen-bond acceptors (Lipinski definition) is 5. The lowest BCUT2D eigenvalue weighted by Gasteiger charge is -2.08. The first-order valence-electron chi connectivity index (χ1n) is 5.85. The van der Waals surface area contributed by atoms with E-state index in [2.05, 4.69) is 34.4 Å². The molecule has 1 atom stereocenters. The average Bonchev–Trinajstić information content (AvgIpc) is 3.06. The van der Waals surface area contributed by atoms with E-state index in [1.807, 2.05) is 11.4 Å². The summed E-state index contributed by atoms with van der Waals surface area (Å²) in [6, 6.07) is 6.10. The van der Waals surface area contributed by atoms with Gasteiger partial charge < -0.3 is 4.98 Å². The van der Waals surface area contributed by atoms with E-state index in [4.69, 9.17) is 0 Å².